The van der Waals surface area contributed by atoms with Gasteiger partial charge in [-0.1, -0.05) is 15.9 Å². The minimum Gasteiger partial charge on any atom is -0.478 e. The van der Waals surface area contributed by atoms with Crippen molar-refractivity contribution in [3.63, 3.8) is 0 Å². The molecule has 1 aromatic carbocycles. The molecule has 1 aromatic rings. The van der Waals surface area contributed by atoms with Crippen LogP contribution in [-0.2, 0) is 14.8 Å². The van der Waals surface area contributed by atoms with Gasteiger partial charge in [0.1, 0.15) is 0 Å². The van der Waals surface area contributed by atoms with E-state index in [1.807, 2.05) is 0 Å². The van der Waals surface area contributed by atoms with Crippen molar-refractivity contribution in [2.45, 2.75) is 6.42 Å². The Kier molecular flexibility index (Phi) is 5.77. The molecule has 106 valence electrons. The van der Waals surface area contributed by atoms with E-state index in [9.17, 15) is 13.2 Å². The molecule has 0 saturated carbocycles. The molecule has 6 nitrogen and oxygen atoms in total. The average molecular weight is 352 g/mol. The molecule has 0 aromatic heterocycles. The number of ether oxygens (including phenoxy) is 1. The number of benzene rings is 1. The van der Waals surface area contributed by atoms with Crippen molar-refractivity contribution in [2.24, 2.45) is 0 Å². The van der Waals surface area contributed by atoms with Gasteiger partial charge in [0.15, 0.2) is 0 Å². The van der Waals surface area contributed by atoms with Crippen LogP contribution >= 0.6 is 15.9 Å². The topological polar surface area (TPSA) is 92.7 Å². The van der Waals surface area contributed by atoms with Crippen LogP contribution in [0.4, 0.5) is 5.69 Å². The molecule has 19 heavy (non-hydrogen) atoms. The standard InChI is InChI=1S/C11H14BrNO5S/c1-18-5-2-6-19(16,17)13-10-7-8(12)3-4-9(10)11(14)15/h3-4,7,13H,2,5-6H2,1H3,(H,14,15). The first-order valence-corrected chi connectivity index (χ1v) is 7.82. The lowest BCUT2D eigenvalue weighted by atomic mass is 10.2. The third-order valence-electron chi connectivity index (χ3n) is 2.24. The molecule has 0 aliphatic carbocycles. The fourth-order valence-corrected chi connectivity index (χ4v) is 2.86. The van der Waals surface area contributed by atoms with Gasteiger partial charge in [-0.2, -0.15) is 0 Å². The molecule has 0 atom stereocenters. The largest absolute Gasteiger partial charge is 0.478 e. The summed E-state index contributed by atoms with van der Waals surface area (Å²) < 4.78 is 31.2. The summed E-state index contributed by atoms with van der Waals surface area (Å²) in [5, 5.41) is 9.00. The number of carbonyl (C=O) groups is 1. The molecule has 0 fully saturated rings. The number of carboxylic acid groups (broad SMARTS) is 1. The third-order valence-corrected chi connectivity index (χ3v) is 4.09. The molecule has 0 heterocycles. The van der Waals surface area contributed by atoms with Crippen molar-refractivity contribution in [3.8, 4) is 0 Å². The van der Waals surface area contributed by atoms with Crippen LogP contribution < -0.4 is 4.72 Å². The summed E-state index contributed by atoms with van der Waals surface area (Å²) in [6, 6.07) is 4.28. The van der Waals surface area contributed by atoms with Crippen molar-refractivity contribution in [1.29, 1.82) is 0 Å². The molecule has 1 rings (SSSR count). The lowest BCUT2D eigenvalue weighted by Crippen LogP contribution is -2.19. The van der Waals surface area contributed by atoms with Gasteiger partial charge in [0.25, 0.3) is 0 Å². The maximum absolute atomic E-state index is 11.8. The first kappa shape index (κ1) is 15.9. The summed E-state index contributed by atoms with van der Waals surface area (Å²) in [5.41, 5.74) is -0.0576. The summed E-state index contributed by atoms with van der Waals surface area (Å²) in [4.78, 5) is 11.0. The number of rotatable bonds is 7. The SMILES string of the molecule is COCCCS(=O)(=O)Nc1cc(Br)ccc1C(=O)O. The van der Waals surface area contributed by atoms with Gasteiger partial charge < -0.3 is 9.84 Å². The van der Waals surface area contributed by atoms with Crippen molar-refractivity contribution in [2.75, 3.05) is 24.2 Å². The lowest BCUT2D eigenvalue weighted by molar-refractivity contribution is 0.0698. The number of hydrogen-bond acceptors (Lipinski definition) is 4. The van der Waals surface area contributed by atoms with Gasteiger partial charge in [0.05, 0.1) is 17.0 Å². The lowest BCUT2D eigenvalue weighted by Gasteiger charge is -2.10. The van der Waals surface area contributed by atoms with Crippen molar-refractivity contribution in [1.82, 2.24) is 0 Å². The van der Waals surface area contributed by atoms with E-state index in [2.05, 4.69) is 20.7 Å². The summed E-state index contributed by atoms with van der Waals surface area (Å²) in [7, 11) is -2.11. The Bertz CT molecular complexity index is 558. The van der Waals surface area contributed by atoms with Gasteiger partial charge in [-0.15, -0.1) is 0 Å². The highest BCUT2D eigenvalue weighted by Gasteiger charge is 2.16. The van der Waals surface area contributed by atoms with E-state index in [-0.39, 0.29) is 17.0 Å². The Balaban J connectivity index is 2.92. The predicted octanol–water partition coefficient (Wildman–Crippen LogP) is 1.93. The normalized spacial score (nSPS) is 11.3. The third kappa shape index (κ3) is 5.17. The molecule has 0 spiro atoms. The van der Waals surface area contributed by atoms with E-state index >= 15 is 0 Å². The molecule has 0 radical (unpaired) electrons. The van der Waals surface area contributed by atoms with E-state index in [0.29, 0.717) is 17.5 Å². The number of halogens is 1. The molecule has 0 aliphatic heterocycles. The maximum atomic E-state index is 11.8. The average Bonchev–Trinajstić information content (AvgIpc) is 2.28. The number of hydrogen-bond donors (Lipinski definition) is 2. The molecular formula is C11H14BrNO5S. The smallest absolute Gasteiger partial charge is 0.337 e. The fourth-order valence-electron chi connectivity index (χ4n) is 1.40. The summed E-state index contributed by atoms with van der Waals surface area (Å²) in [6.45, 7) is 0.325. The number of methoxy groups -OCH3 is 1. The van der Waals surface area contributed by atoms with Gasteiger partial charge in [-0.25, -0.2) is 13.2 Å². The zero-order valence-electron chi connectivity index (χ0n) is 10.2. The summed E-state index contributed by atoms with van der Waals surface area (Å²) >= 11 is 3.17. The van der Waals surface area contributed by atoms with Crippen LogP contribution in [0.1, 0.15) is 16.8 Å². The molecular weight excluding hydrogens is 338 g/mol. The zero-order chi connectivity index (χ0) is 14.5. The highest BCUT2D eigenvalue weighted by molar-refractivity contribution is 9.10. The van der Waals surface area contributed by atoms with Crippen LogP contribution in [0.3, 0.4) is 0 Å². The van der Waals surface area contributed by atoms with E-state index in [4.69, 9.17) is 9.84 Å². The number of carboxylic acids is 1. The molecule has 0 unspecified atom stereocenters. The molecule has 0 amide bonds. The molecule has 0 bridgehead atoms. The minimum atomic E-state index is -3.59. The van der Waals surface area contributed by atoms with Crippen molar-refractivity contribution < 1.29 is 23.1 Å². The second-order valence-corrected chi connectivity index (χ2v) is 6.52. The first-order valence-electron chi connectivity index (χ1n) is 5.38. The van der Waals surface area contributed by atoms with Crippen LogP contribution in [0.15, 0.2) is 22.7 Å². The van der Waals surface area contributed by atoms with E-state index in [1.54, 1.807) is 0 Å². The number of sulfonamides is 1. The van der Waals surface area contributed by atoms with Crippen molar-refractivity contribution >= 4 is 37.6 Å². The van der Waals surface area contributed by atoms with Gasteiger partial charge in [0, 0.05) is 18.2 Å². The fraction of sp³-hybridized carbons (Fsp3) is 0.364. The van der Waals surface area contributed by atoms with Gasteiger partial charge >= 0.3 is 5.97 Å². The van der Waals surface area contributed by atoms with Crippen molar-refractivity contribution in [3.05, 3.63) is 28.2 Å². The van der Waals surface area contributed by atoms with Gasteiger partial charge in [0.2, 0.25) is 10.0 Å². The highest BCUT2D eigenvalue weighted by atomic mass is 79.9. The Morgan fingerprint density at radius 1 is 1.47 bits per heavy atom. The summed E-state index contributed by atoms with van der Waals surface area (Å²) in [5.74, 6) is -1.33. The Hall–Kier alpha value is -1.12. The number of nitrogens with one attached hydrogen (secondary N) is 1. The monoisotopic (exact) mass is 351 g/mol. The van der Waals surface area contributed by atoms with Gasteiger partial charge in [-0.3, -0.25) is 4.72 Å². The second-order valence-electron chi connectivity index (χ2n) is 3.76. The Morgan fingerprint density at radius 2 is 2.16 bits per heavy atom. The van der Waals surface area contributed by atoms with Crippen LogP contribution in [0.2, 0.25) is 0 Å². The van der Waals surface area contributed by atoms with Crippen LogP contribution in [0.5, 0.6) is 0 Å². The van der Waals surface area contributed by atoms with Gasteiger partial charge in [-0.05, 0) is 24.6 Å². The molecule has 2 N–H and O–H groups in total. The maximum Gasteiger partial charge on any atom is 0.337 e. The zero-order valence-corrected chi connectivity index (χ0v) is 12.6. The van der Waals surface area contributed by atoms with Crippen LogP contribution in [0.25, 0.3) is 0 Å². The van der Waals surface area contributed by atoms with E-state index in [1.165, 1.54) is 25.3 Å². The van der Waals surface area contributed by atoms with Crippen LogP contribution in [0, 0.1) is 0 Å². The molecule has 8 heteroatoms. The Morgan fingerprint density at radius 3 is 2.74 bits per heavy atom. The molecule has 0 aliphatic rings. The number of anilines is 1. The van der Waals surface area contributed by atoms with E-state index < -0.39 is 16.0 Å². The first-order chi connectivity index (χ1) is 8.85. The van der Waals surface area contributed by atoms with Crippen LogP contribution in [-0.4, -0.2) is 39.0 Å². The number of aromatic carboxylic acids is 1. The predicted molar refractivity (Wildman–Crippen MR) is 75.0 cm³/mol. The molecule has 0 saturated heterocycles. The minimum absolute atomic E-state index is 0.0410. The second kappa shape index (κ2) is 6.88. The van der Waals surface area contributed by atoms with E-state index in [0.717, 1.165) is 0 Å². The highest BCUT2D eigenvalue weighted by Crippen LogP contribution is 2.22. The summed E-state index contributed by atoms with van der Waals surface area (Å²) in [6.07, 6.45) is 0.336. The quantitative estimate of drug-likeness (QED) is 0.732. The Labute approximate surface area is 120 Å².